The first-order chi connectivity index (χ1) is 8.79. The maximum atomic E-state index is 11.8. The van der Waals surface area contributed by atoms with E-state index in [4.69, 9.17) is 5.11 Å². The molecule has 2 rings (SSSR count). The minimum Gasteiger partial charge on any atom is -0.396 e. The average Bonchev–Trinajstić information content (AvgIpc) is 2.42. The van der Waals surface area contributed by atoms with E-state index in [-0.39, 0.29) is 18.2 Å². The molecule has 5 heteroatoms. The van der Waals surface area contributed by atoms with Crippen LogP contribution in [0.25, 0.3) is 0 Å². The topological polar surface area (TPSA) is 75.1 Å². The fraction of sp³-hybridized carbons (Fsp3) is 0.154. The van der Waals surface area contributed by atoms with E-state index in [0.717, 1.165) is 5.56 Å². The lowest BCUT2D eigenvalue weighted by Gasteiger charge is -2.05. The van der Waals surface area contributed by atoms with Crippen molar-refractivity contribution in [3.63, 3.8) is 0 Å². The number of aliphatic hydroxyl groups excluding tert-OH is 1. The molecule has 5 nitrogen and oxygen atoms in total. The van der Waals surface area contributed by atoms with Crippen LogP contribution in [-0.4, -0.2) is 27.6 Å². The van der Waals surface area contributed by atoms with Crippen molar-refractivity contribution in [3.8, 4) is 0 Å². The number of rotatable bonds is 4. The van der Waals surface area contributed by atoms with Gasteiger partial charge in [-0.2, -0.15) is 0 Å². The second kappa shape index (κ2) is 5.88. The molecule has 2 aromatic rings. The van der Waals surface area contributed by atoms with Crippen LogP contribution >= 0.6 is 0 Å². The highest BCUT2D eigenvalue weighted by atomic mass is 16.2. The molecule has 2 N–H and O–H groups in total. The summed E-state index contributed by atoms with van der Waals surface area (Å²) in [5.41, 5.74) is 1.99. The van der Waals surface area contributed by atoms with E-state index in [9.17, 15) is 4.79 Å². The van der Waals surface area contributed by atoms with Gasteiger partial charge < -0.3 is 10.4 Å². The maximum Gasteiger partial charge on any atom is 0.275 e. The Morgan fingerprint density at radius 2 is 2.00 bits per heavy atom. The van der Waals surface area contributed by atoms with E-state index in [1.807, 2.05) is 12.1 Å². The largest absolute Gasteiger partial charge is 0.396 e. The highest BCUT2D eigenvalue weighted by Crippen LogP contribution is 2.10. The molecule has 0 spiro atoms. The van der Waals surface area contributed by atoms with Crippen LogP contribution in [0.3, 0.4) is 0 Å². The van der Waals surface area contributed by atoms with E-state index in [1.165, 1.54) is 18.6 Å². The van der Waals surface area contributed by atoms with Gasteiger partial charge in [0.15, 0.2) is 0 Å². The highest BCUT2D eigenvalue weighted by molar-refractivity contribution is 6.02. The lowest BCUT2D eigenvalue weighted by molar-refractivity contribution is 0.102. The van der Waals surface area contributed by atoms with Crippen LogP contribution in [-0.2, 0) is 6.42 Å². The summed E-state index contributed by atoms with van der Waals surface area (Å²) in [7, 11) is 0. The third-order valence-electron chi connectivity index (χ3n) is 2.41. The molecule has 0 saturated carbocycles. The van der Waals surface area contributed by atoms with Crippen LogP contribution in [0, 0.1) is 0 Å². The molecule has 0 radical (unpaired) electrons. The molecule has 18 heavy (non-hydrogen) atoms. The number of amides is 1. The van der Waals surface area contributed by atoms with Crippen LogP contribution in [0.2, 0.25) is 0 Å². The van der Waals surface area contributed by atoms with Crippen molar-refractivity contribution in [1.29, 1.82) is 0 Å². The second-order valence-corrected chi connectivity index (χ2v) is 3.72. The minimum atomic E-state index is -0.294. The molecule has 1 heterocycles. The number of aromatic nitrogens is 2. The molecule has 0 unspecified atom stereocenters. The van der Waals surface area contributed by atoms with E-state index in [0.29, 0.717) is 12.1 Å². The van der Waals surface area contributed by atoms with Crippen molar-refractivity contribution in [2.45, 2.75) is 6.42 Å². The van der Waals surface area contributed by atoms with Gasteiger partial charge in [0.05, 0.1) is 6.20 Å². The zero-order chi connectivity index (χ0) is 12.8. The molecule has 0 fully saturated rings. The first-order valence-corrected chi connectivity index (χ1v) is 5.57. The van der Waals surface area contributed by atoms with Crippen LogP contribution in [0.1, 0.15) is 16.1 Å². The standard InChI is InChI=1S/C13H13N3O2/c17-8-5-10-1-3-11(4-2-10)16-13(18)12-9-14-6-7-15-12/h1-4,6-7,9,17H,5,8H2,(H,16,18). The SMILES string of the molecule is O=C(Nc1ccc(CCO)cc1)c1cnccn1. The third-order valence-corrected chi connectivity index (χ3v) is 2.41. The monoisotopic (exact) mass is 243 g/mol. The molecular formula is C13H13N3O2. The molecule has 0 aliphatic carbocycles. The molecule has 0 saturated heterocycles. The Bertz CT molecular complexity index is 512. The molecule has 0 atom stereocenters. The number of hydrogen-bond donors (Lipinski definition) is 2. The number of nitrogens with one attached hydrogen (secondary N) is 1. The lowest BCUT2D eigenvalue weighted by Crippen LogP contribution is -2.13. The maximum absolute atomic E-state index is 11.8. The Morgan fingerprint density at radius 3 is 2.61 bits per heavy atom. The Hall–Kier alpha value is -2.27. The van der Waals surface area contributed by atoms with Gasteiger partial charge in [-0.3, -0.25) is 9.78 Å². The molecule has 0 aliphatic rings. The van der Waals surface area contributed by atoms with Gasteiger partial charge in [-0.25, -0.2) is 4.98 Å². The third kappa shape index (κ3) is 3.11. The van der Waals surface area contributed by atoms with Gasteiger partial charge in [-0.15, -0.1) is 0 Å². The number of benzene rings is 1. The normalized spacial score (nSPS) is 10.1. The predicted molar refractivity (Wildman–Crippen MR) is 67.2 cm³/mol. The van der Waals surface area contributed by atoms with Gasteiger partial charge in [-0.05, 0) is 24.1 Å². The van der Waals surface area contributed by atoms with E-state index in [2.05, 4.69) is 15.3 Å². The smallest absolute Gasteiger partial charge is 0.275 e. The molecule has 0 aliphatic heterocycles. The molecule has 0 bridgehead atoms. The van der Waals surface area contributed by atoms with Crippen LogP contribution < -0.4 is 5.32 Å². The van der Waals surface area contributed by atoms with Crippen molar-refractivity contribution in [2.24, 2.45) is 0 Å². The second-order valence-electron chi connectivity index (χ2n) is 3.72. The summed E-state index contributed by atoms with van der Waals surface area (Å²) in [6, 6.07) is 7.31. The summed E-state index contributed by atoms with van der Waals surface area (Å²) in [5.74, 6) is -0.294. The first-order valence-electron chi connectivity index (χ1n) is 5.57. The quantitative estimate of drug-likeness (QED) is 0.847. The molecule has 1 aromatic carbocycles. The molecule has 1 aromatic heterocycles. The number of nitrogens with zero attached hydrogens (tertiary/aromatic N) is 2. The summed E-state index contributed by atoms with van der Waals surface area (Å²) in [4.78, 5) is 19.5. The molecule has 92 valence electrons. The van der Waals surface area contributed by atoms with Gasteiger partial charge in [0.1, 0.15) is 5.69 Å². The van der Waals surface area contributed by atoms with Gasteiger partial charge in [0, 0.05) is 24.7 Å². The summed E-state index contributed by atoms with van der Waals surface area (Å²) >= 11 is 0. The van der Waals surface area contributed by atoms with Crippen LogP contribution in [0.4, 0.5) is 5.69 Å². The average molecular weight is 243 g/mol. The number of aliphatic hydroxyl groups is 1. The van der Waals surface area contributed by atoms with Crippen molar-refractivity contribution >= 4 is 11.6 Å². The van der Waals surface area contributed by atoms with Crippen LogP contribution in [0.15, 0.2) is 42.9 Å². The summed E-state index contributed by atoms with van der Waals surface area (Å²) in [6.45, 7) is 0.116. The zero-order valence-electron chi connectivity index (χ0n) is 9.71. The van der Waals surface area contributed by atoms with Gasteiger partial charge in [-0.1, -0.05) is 12.1 Å². The minimum absolute atomic E-state index is 0.116. The number of carbonyl (C=O) groups excluding carboxylic acids is 1. The fourth-order valence-electron chi connectivity index (χ4n) is 1.50. The fourth-order valence-corrected chi connectivity index (χ4v) is 1.50. The number of carbonyl (C=O) groups is 1. The van der Waals surface area contributed by atoms with E-state index in [1.54, 1.807) is 12.1 Å². The van der Waals surface area contributed by atoms with Crippen molar-refractivity contribution in [1.82, 2.24) is 9.97 Å². The van der Waals surface area contributed by atoms with Crippen LogP contribution in [0.5, 0.6) is 0 Å². The lowest BCUT2D eigenvalue weighted by atomic mass is 10.1. The zero-order valence-corrected chi connectivity index (χ0v) is 9.71. The van der Waals surface area contributed by atoms with E-state index < -0.39 is 0 Å². The number of hydrogen-bond acceptors (Lipinski definition) is 4. The molecule has 1 amide bonds. The summed E-state index contributed by atoms with van der Waals surface area (Å²) in [6.07, 6.45) is 5.01. The van der Waals surface area contributed by atoms with Crippen molar-refractivity contribution < 1.29 is 9.90 Å². The Kier molecular flexibility index (Phi) is 3.98. The van der Waals surface area contributed by atoms with Gasteiger partial charge in [0.2, 0.25) is 0 Å². The highest BCUT2D eigenvalue weighted by Gasteiger charge is 2.06. The molecular weight excluding hydrogens is 230 g/mol. The van der Waals surface area contributed by atoms with Gasteiger partial charge in [0.25, 0.3) is 5.91 Å². The van der Waals surface area contributed by atoms with Gasteiger partial charge >= 0.3 is 0 Å². The Labute approximate surface area is 105 Å². The van der Waals surface area contributed by atoms with E-state index >= 15 is 0 Å². The number of anilines is 1. The predicted octanol–water partition coefficient (Wildman–Crippen LogP) is 1.26. The van der Waals surface area contributed by atoms with Crippen molar-refractivity contribution in [2.75, 3.05) is 11.9 Å². The summed E-state index contributed by atoms with van der Waals surface area (Å²) < 4.78 is 0. The van der Waals surface area contributed by atoms with Crippen molar-refractivity contribution in [3.05, 3.63) is 54.1 Å². The Balaban J connectivity index is 2.03. The Morgan fingerprint density at radius 1 is 1.22 bits per heavy atom. The summed E-state index contributed by atoms with van der Waals surface area (Å²) in [5, 5.41) is 11.5. The first kappa shape index (κ1) is 12.2.